The van der Waals surface area contributed by atoms with Crippen molar-refractivity contribution in [1.82, 2.24) is 0 Å². The van der Waals surface area contributed by atoms with Gasteiger partial charge in [-0.25, -0.2) is 0 Å². The molecule has 0 radical (unpaired) electrons. The highest BCUT2D eigenvalue weighted by molar-refractivity contribution is 5.87. The van der Waals surface area contributed by atoms with Crippen LogP contribution in [0.3, 0.4) is 0 Å². The fourth-order valence-corrected chi connectivity index (χ4v) is 4.08. The molecular weight excluding hydrogens is 447 g/mol. The van der Waals surface area contributed by atoms with E-state index in [1.807, 2.05) is 37.4 Å². The zero-order valence-corrected chi connectivity index (χ0v) is 18.6. The largest absolute Gasteiger partial charge is 0.507 e. The smallest absolute Gasteiger partial charge is 0.450 e. The molecule has 4 rings (SSSR count). The Kier molecular flexibility index (Phi) is 6.34. The molecule has 0 saturated carbocycles. The van der Waals surface area contributed by atoms with Crippen molar-refractivity contribution >= 4 is 11.0 Å². The van der Waals surface area contributed by atoms with Gasteiger partial charge in [0.25, 0.3) is 0 Å². The average Bonchev–Trinajstić information content (AvgIpc) is 2.81. The van der Waals surface area contributed by atoms with Crippen molar-refractivity contribution in [3.8, 4) is 22.6 Å². The molecule has 1 aromatic heterocycles. The van der Waals surface area contributed by atoms with Crippen LogP contribution in [0.15, 0.2) is 75.9 Å². The summed E-state index contributed by atoms with van der Waals surface area (Å²) in [5, 5.41) is 10.5. The first kappa shape index (κ1) is 23.4. The van der Waals surface area contributed by atoms with E-state index in [1.54, 1.807) is 6.07 Å². The van der Waals surface area contributed by atoms with Gasteiger partial charge in [-0.1, -0.05) is 48.5 Å². The van der Waals surface area contributed by atoms with Crippen molar-refractivity contribution in [3.63, 3.8) is 0 Å². The average molecular weight is 470 g/mol. The Labute approximate surface area is 193 Å². The Morgan fingerprint density at radius 2 is 1.65 bits per heavy atom. The van der Waals surface area contributed by atoms with Gasteiger partial charge in [-0.05, 0) is 18.2 Å². The number of hydrogen-bond acceptors (Lipinski definition) is 4. The number of quaternary nitrogens is 1. The molecular formula is C26H23F3NO4+. The van der Waals surface area contributed by atoms with Gasteiger partial charge in [0.05, 0.1) is 30.7 Å². The van der Waals surface area contributed by atoms with Gasteiger partial charge in [-0.15, -0.1) is 0 Å². The summed E-state index contributed by atoms with van der Waals surface area (Å²) in [5.41, 5.74) is -0.604. The van der Waals surface area contributed by atoms with E-state index in [0.29, 0.717) is 6.54 Å². The van der Waals surface area contributed by atoms with Gasteiger partial charge >= 0.3 is 6.18 Å². The molecule has 1 atom stereocenters. The molecule has 0 aliphatic carbocycles. The fraction of sp³-hybridized carbons (Fsp3) is 0.192. The molecule has 0 fully saturated rings. The molecule has 4 aromatic rings. The number of hydrogen-bond donors (Lipinski definition) is 2. The first-order valence-electron chi connectivity index (χ1n) is 10.6. The number of ether oxygens (including phenoxy) is 1. The number of fused-ring (bicyclic) bond motifs is 1. The third kappa shape index (κ3) is 4.49. The Bertz CT molecular complexity index is 1380. The minimum Gasteiger partial charge on any atom is -0.507 e. The Morgan fingerprint density at radius 1 is 0.971 bits per heavy atom. The van der Waals surface area contributed by atoms with Crippen LogP contribution in [0.25, 0.3) is 22.1 Å². The lowest BCUT2D eigenvalue weighted by molar-refractivity contribution is -0.907. The molecule has 0 amide bonds. The highest BCUT2D eigenvalue weighted by atomic mass is 19.4. The minimum absolute atomic E-state index is 0.0191. The quantitative estimate of drug-likeness (QED) is 0.438. The number of phenols is 1. The summed E-state index contributed by atoms with van der Waals surface area (Å²) in [6.45, 7) is 0.707. The van der Waals surface area contributed by atoms with Crippen molar-refractivity contribution < 1.29 is 32.3 Å². The molecule has 0 aliphatic heterocycles. The summed E-state index contributed by atoms with van der Waals surface area (Å²) in [4.78, 5) is 14.3. The van der Waals surface area contributed by atoms with E-state index in [-0.39, 0.29) is 40.1 Å². The van der Waals surface area contributed by atoms with Crippen LogP contribution in [0, 0.1) is 0 Å². The molecule has 34 heavy (non-hydrogen) atoms. The third-order valence-corrected chi connectivity index (χ3v) is 5.60. The van der Waals surface area contributed by atoms with Crippen molar-refractivity contribution in [2.45, 2.75) is 19.3 Å². The van der Waals surface area contributed by atoms with E-state index in [0.717, 1.165) is 10.5 Å². The van der Waals surface area contributed by atoms with E-state index in [9.17, 15) is 23.1 Å². The summed E-state index contributed by atoms with van der Waals surface area (Å²) in [5.74, 6) is -1.55. The molecule has 0 bridgehead atoms. The second-order valence-corrected chi connectivity index (χ2v) is 8.07. The molecule has 0 saturated heterocycles. The van der Waals surface area contributed by atoms with E-state index in [1.165, 1.54) is 37.4 Å². The lowest BCUT2D eigenvalue weighted by atomic mass is 9.99. The van der Waals surface area contributed by atoms with Gasteiger partial charge in [0.2, 0.25) is 11.2 Å². The van der Waals surface area contributed by atoms with Crippen molar-refractivity contribution in [2.75, 3.05) is 14.2 Å². The second kappa shape index (κ2) is 9.23. The summed E-state index contributed by atoms with van der Waals surface area (Å²) in [6.07, 6.45) is -4.95. The molecule has 1 unspecified atom stereocenters. The molecule has 0 spiro atoms. The monoisotopic (exact) mass is 470 g/mol. The fourth-order valence-electron chi connectivity index (χ4n) is 4.08. The van der Waals surface area contributed by atoms with E-state index >= 15 is 0 Å². The predicted molar refractivity (Wildman–Crippen MR) is 122 cm³/mol. The lowest BCUT2D eigenvalue weighted by Gasteiger charge is -2.18. The first-order chi connectivity index (χ1) is 16.2. The number of aromatic hydroxyl groups is 1. The van der Waals surface area contributed by atoms with Gasteiger partial charge in [0.15, 0.2) is 5.58 Å². The standard InChI is InChI=1S/C26H22F3NO4/c1-30(14-16-8-4-3-5-9-16)15-19-20(31)13-12-18-23(32)22(17-10-6-7-11-21(17)33-2)25(26(27,28)29)34-24(18)19/h3-13,31H,14-15H2,1-2H3/p+1. The van der Waals surface area contributed by atoms with Gasteiger partial charge in [-0.2, -0.15) is 13.2 Å². The minimum atomic E-state index is -4.95. The zero-order valence-electron chi connectivity index (χ0n) is 18.6. The Morgan fingerprint density at radius 3 is 2.32 bits per heavy atom. The van der Waals surface area contributed by atoms with E-state index in [4.69, 9.17) is 9.15 Å². The van der Waals surface area contributed by atoms with Gasteiger partial charge < -0.3 is 19.2 Å². The van der Waals surface area contributed by atoms with E-state index in [2.05, 4.69) is 0 Å². The first-order valence-corrected chi connectivity index (χ1v) is 10.6. The molecule has 0 aliphatic rings. The summed E-state index contributed by atoms with van der Waals surface area (Å²) in [7, 11) is 3.16. The molecule has 2 N–H and O–H groups in total. The van der Waals surface area contributed by atoms with E-state index < -0.39 is 22.9 Å². The molecule has 176 valence electrons. The van der Waals surface area contributed by atoms with Gasteiger partial charge in [0.1, 0.15) is 24.6 Å². The number of halogens is 3. The highest BCUT2D eigenvalue weighted by Gasteiger charge is 2.40. The number of rotatable bonds is 6. The number of phenolic OH excluding ortho intramolecular Hbond substituents is 1. The molecule has 1 heterocycles. The van der Waals surface area contributed by atoms with Crippen molar-refractivity contribution in [3.05, 3.63) is 93.8 Å². The van der Waals surface area contributed by atoms with Crippen LogP contribution < -0.4 is 15.1 Å². The number of methoxy groups -OCH3 is 1. The predicted octanol–water partition coefficient (Wildman–Crippen LogP) is 4.41. The maximum atomic E-state index is 14.1. The maximum absolute atomic E-state index is 14.1. The summed E-state index contributed by atoms with van der Waals surface area (Å²) < 4.78 is 53.0. The number of alkyl halides is 3. The van der Waals surface area contributed by atoms with Crippen molar-refractivity contribution in [1.29, 1.82) is 0 Å². The van der Waals surface area contributed by atoms with Gasteiger partial charge in [0, 0.05) is 11.1 Å². The lowest BCUT2D eigenvalue weighted by Crippen LogP contribution is -3.06. The van der Waals surface area contributed by atoms with Crippen LogP contribution in [0.2, 0.25) is 0 Å². The van der Waals surface area contributed by atoms with Crippen LogP contribution in [0.4, 0.5) is 13.2 Å². The third-order valence-electron chi connectivity index (χ3n) is 5.60. The normalized spacial score (nSPS) is 12.6. The topological polar surface area (TPSA) is 64.1 Å². The van der Waals surface area contributed by atoms with Crippen molar-refractivity contribution in [2.24, 2.45) is 0 Å². The van der Waals surface area contributed by atoms with Crippen LogP contribution in [-0.4, -0.2) is 19.3 Å². The Hall–Kier alpha value is -3.78. The molecule has 5 nitrogen and oxygen atoms in total. The number of nitrogens with one attached hydrogen (secondary N) is 1. The van der Waals surface area contributed by atoms with Crippen LogP contribution in [0.5, 0.6) is 11.5 Å². The van der Waals surface area contributed by atoms with Crippen LogP contribution >= 0.6 is 0 Å². The SMILES string of the molecule is COc1ccccc1-c1c(C(F)(F)F)oc2c(C[NH+](C)Cc3ccccc3)c(O)ccc2c1=O. The Balaban J connectivity index is 1.91. The van der Waals surface area contributed by atoms with Crippen LogP contribution in [0.1, 0.15) is 16.9 Å². The molecule has 8 heteroatoms. The second-order valence-electron chi connectivity index (χ2n) is 8.07. The maximum Gasteiger partial charge on any atom is 0.450 e. The zero-order chi connectivity index (χ0) is 24.5. The summed E-state index contributed by atoms with van der Waals surface area (Å²) >= 11 is 0. The van der Waals surface area contributed by atoms with Crippen LogP contribution in [-0.2, 0) is 19.3 Å². The number of benzene rings is 3. The molecule has 3 aromatic carbocycles. The number of para-hydroxylation sites is 1. The summed E-state index contributed by atoms with van der Waals surface area (Å²) in [6, 6.07) is 18.1. The van der Waals surface area contributed by atoms with Gasteiger partial charge in [-0.3, -0.25) is 4.79 Å². The highest BCUT2D eigenvalue weighted by Crippen LogP contribution is 2.41.